The fraction of sp³-hybridized carbons (Fsp3) is 0.154. The molecular weight excluding hydrogens is 264 g/mol. The van der Waals surface area contributed by atoms with Crippen LogP contribution in [0.4, 0.5) is 0 Å². The molecule has 0 unspecified atom stereocenters. The predicted molar refractivity (Wildman–Crippen MR) is 69.7 cm³/mol. The van der Waals surface area contributed by atoms with Gasteiger partial charge in [-0.25, -0.2) is 4.79 Å². The van der Waals surface area contributed by atoms with Crippen LogP contribution >= 0.6 is 0 Å². The van der Waals surface area contributed by atoms with Gasteiger partial charge >= 0.3 is 5.97 Å². The number of hydrogen-bond donors (Lipinski definition) is 3. The number of primary amides is 1. The Labute approximate surface area is 113 Å². The molecule has 7 heteroatoms. The minimum absolute atomic E-state index is 0.105. The zero-order valence-electron chi connectivity index (χ0n) is 10.6. The smallest absolute Gasteiger partial charge is 0.341 e. The number of aliphatic carboxylic acids is 1. The number of ketones is 1. The molecule has 0 saturated heterocycles. The lowest BCUT2D eigenvalue weighted by molar-refractivity contribution is -0.139. The van der Waals surface area contributed by atoms with Crippen LogP contribution < -0.4 is 10.5 Å². The number of carbonyl (C=O) groups is 3. The SMILES string of the molecule is Cc1[nH]c2cccc(OCC(=O)O)c2c1C(=O)C(N)=O. The minimum Gasteiger partial charge on any atom is -0.481 e. The lowest BCUT2D eigenvalue weighted by Gasteiger charge is -2.06. The van der Waals surface area contributed by atoms with Crippen molar-refractivity contribution in [1.82, 2.24) is 4.98 Å². The fourth-order valence-corrected chi connectivity index (χ4v) is 2.01. The van der Waals surface area contributed by atoms with Gasteiger partial charge in [0.2, 0.25) is 0 Å². The number of fused-ring (bicyclic) bond motifs is 1. The van der Waals surface area contributed by atoms with E-state index in [2.05, 4.69) is 4.98 Å². The van der Waals surface area contributed by atoms with Crippen LogP contribution in [0.2, 0.25) is 0 Å². The van der Waals surface area contributed by atoms with E-state index in [1.165, 1.54) is 6.07 Å². The Balaban J connectivity index is 2.62. The van der Waals surface area contributed by atoms with Crippen LogP contribution in [0.5, 0.6) is 5.75 Å². The highest BCUT2D eigenvalue weighted by atomic mass is 16.5. The number of aromatic nitrogens is 1. The van der Waals surface area contributed by atoms with Crippen molar-refractivity contribution < 1.29 is 24.2 Å². The van der Waals surface area contributed by atoms with Crippen LogP contribution in [-0.2, 0) is 9.59 Å². The predicted octanol–water partition coefficient (Wildman–Crippen LogP) is 0.608. The summed E-state index contributed by atoms with van der Waals surface area (Å²) in [5.74, 6) is -2.86. The van der Waals surface area contributed by atoms with E-state index in [9.17, 15) is 14.4 Å². The van der Waals surface area contributed by atoms with Gasteiger partial charge < -0.3 is 20.6 Å². The zero-order chi connectivity index (χ0) is 14.9. The molecule has 0 fully saturated rings. The largest absolute Gasteiger partial charge is 0.481 e. The quantitative estimate of drug-likeness (QED) is 0.545. The van der Waals surface area contributed by atoms with Gasteiger partial charge in [0, 0.05) is 5.69 Å². The number of benzene rings is 1. The first-order valence-electron chi connectivity index (χ1n) is 5.72. The van der Waals surface area contributed by atoms with Crippen LogP contribution in [-0.4, -0.2) is 34.4 Å². The molecule has 0 atom stereocenters. The first kappa shape index (κ1) is 13.6. The second kappa shape index (κ2) is 5.04. The number of nitrogens with one attached hydrogen (secondary N) is 1. The number of carboxylic acid groups (broad SMARTS) is 1. The molecule has 104 valence electrons. The second-order valence-electron chi connectivity index (χ2n) is 4.18. The van der Waals surface area contributed by atoms with Gasteiger partial charge in [0.25, 0.3) is 11.7 Å². The van der Waals surface area contributed by atoms with Gasteiger partial charge in [-0.05, 0) is 19.1 Å². The Morgan fingerprint density at radius 2 is 2.05 bits per heavy atom. The molecule has 2 aromatic rings. The van der Waals surface area contributed by atoms with Gasteiger partial charge in [0.05, 0.1) is 16.5 Å². The monoisotopic (exact) mass is 276 g/mol. The van der Waals surface area contributed by atoms with Crippen LogP contribution in [0.3, 0.4) is 0 Å². The summed E-state index contributed by atoms with van der Waals surface area (Å²) in [5.41, 5.74) is 6.16. The Hall–Kier alpha value is -2.83. The summed E-state index contributed by atoms with van der Waals surface area (Å²) in [4.78, 5) is 36.5. The van der Waals surface area contributed by atoms with E-state index in [0.29, 0.717) is 16.6 Å². The first-order chi connectivity index (χ1) is 9.41. The molecule has 0 radical (unpaired) electrons. The van der Waals surface area contributed by atoms with E-state index >= 15 is 0 Å². The van der Waals surface area contributed by atoms with Crippen LogP contribution in [0, 0.1) is 6.92 Å². The number of Topliss-reactive ketones (excluding diaryl/α,β-unsaturated/α-hetero) is 1. The average molecular weight is 276 g/mol. The topological polar surface area (TPSA) is 122 Å². The second-order valence-corrected chi connectivity index (χ2v) is 4.18. The highest BCUT2D eigenvalue weighted by Crippen LogP contribution is 2.31. The first-order valence-corrected chi connectivity index (χ1v) is 5.72. The lowest BCUT2D eigenvalue weighted by Crippen LogP contribution is -2.23. The van der Waals surface area contributed by atoms with E-state index in [-0.39, 0.29) is 11.3 Å². The molecule has 0 bridgehead atoms. The van der Waals surface area contributed by atoms with Gasteiger partial charge in [-0.3, -0.25) is 9.59 Å². The average Bonchev–Trinajstić information content (AvgIpc) is 2.71. The van der Waals surface area contributed by atoms with Crippen molar-refractivity contribution in [2.45, 2.75) is 6.92 Å². The molecule has 1 aromatic heterocycles. The third kappa shape index (κ3) is 2.33. The number of aromatic amines is 1. The van der Waals surface area contributed by atoms with E-state index in [1.54, 1.807) is 19.1 Å². The van der Waals surface area contributed by atoms with Crippen LogP contribution in [0.25, 0.3) is 10.9 Å². The van der Waals surface area contributed by atoms with Crippen LogP contribution in [0.1, 0.15) is 16.1 Å². The number of H-pyrrole nitrogens is 1. The number of carbonyl (C=O) groups excluding carboxylic acids is 2. The Kier molecular flexibility index (Phi) is 3.43. The summed E-state index contributed by atoms with van der Waals surface area (Å²) in [6.07, 6.45) is 0. The standard InChI is InChI=1S/C13H12N2O5/c1-6-10(12(18)13(14)19)11-7(15-6)3-2-4-8(11)20-5-9(16)17/h2-4,15H,5H2,1H3,(H2,14,19)(H,16,17). The summed E-state index contributed by atoms with van der Waals surface area (Å²) >= 11 is 0. The van der Waals surface area contributed by atoms with Gasteiger partial charge in [0.1, 0.15) is 5.75 Å². The number of aryl methyl sites for hydroxylation is 1. The normalized spacial score (nSPS) is 10.4. The molecule has 0 spiro atoms. The van der Waals surface area contributed by atoms with E-state index in [1.807, 2.05) is 0 Å². The number of hydrogen-bond acceptors (Lipinski definition) is 4. The molecule has 0 saturated carbocycles. The molecule has 7 nitrogen and oxygen atoms in total. The molecule has 0 aliphatic rings. The third-order valence-corrected chi connectivity index (χ3v) is 2.78. The number of carboxylic acids is 1. The number of rotatable bonds is 5. The van der Waals surface area contributed by atoms with Crippen molar-refractivity contribution in [2.75, 3.05) is 6.61 Å². The maximum atomic E-state index is 11.9. The molecule has 20 heavy (non-hydrogen) atoms. The van der Waals surface area contributed by atoms with E-state index < -0.39 is 24.3 Å². The molecule has 4 N–H and O–H groups in total. The lowest BCUT2D eigenvalue weighted by atomic mass is 10.1. The Morgan fingerprint density at radius 1 is 1.35 bits per heavy atom. The maximum Gasteiger partial charge on any atom is 0.341 e. The van der Waals surface area contributed by atoms with Crippen LogP contribution in [0.15, 0.2) is 18.2 Å². The highest BCUT2D eigenvalue weighted by molar-refractivity contribution is 6.45. The molecule has 1 aromatic carbocycles. The molecule has 1 amide bonds. The number of ether oxygens (including phenoxy) is 1. The van der Waals surface area contributed by atoms with Crippen molar-refractivity contribution >= 4 is 28.6 Å². The van der Waals surface area contributed by atoms with Crippen molar-refractivity contribution in [3.63, 3.8) is 0 Å². The number of nitrogens with two attached hydrogens (primary N) is 1. The van der Waals surface area contributed by atoms with Gasteiger partial charge in [-0.1, -0.05) is 6.07 Å². The third-order valence-electron chi connectivity index (χ3n) is 2.78. The molecule has 0 aliphatic heterocycles. The summed E-state index contributed by atoms with van der Waals surface area (Å²) in [6, 6.07) is 4.86. The number of amides is 1. The molecular formula is C13H12N2O5. The van der Waals surface area contributed by atoms with Gasteiger partial charge in [0.15, 0.2) is 6.61 Å². The minimum atomic E-state index is -1.14. The fourth-order valence-electron chi connectivity index (χ4n) is 2.01. The van der Waals surface area contributed by atoms with Gasteiger partial charge in [-0.2, -0.15) is 0 Å². The van der Waals surface area contributed by atoms with Crippen molar-refractivity contribution in [3.8, 4) is 5.75 Å². The van der Waals surface area contributed by atoms with Crippen molar-refractivity contribution in [1.29, 1.82) is 0 Å². The van der Waals surface area contributed by atoms with Crippen molar-refractivity contribution in [3.05, 3.63) is 29.5 Å². The van der Waals surface area contributed by atoms with Gasteiger partial charge in [-0.15, -0.1) is 0 Å². The molecule has 1 heterocycles. The Morgan fingerprint density at radius 3 is 2.65 bits per heavy atom. The summed E-state index contributed by atoms with van der Waals surface area (Å²) in [6.45, 7) is 1.07. The summed E-state index contributed by atoms with van der Waals surface area (Å²) in [7, 11) is 0. The summed E-state index contributed by atoms with van der Waals surface area (Å²) < 4.78 is 5.14. The summed E-state index contributed by atoms with van der Waals surface area (Å²) in [5, 5.41) is 9.00. The van der Waals surface area contributed by atoms with E-state index in [0.717, 1.165) is 0 Å². The molecule has 2 rings (SSSR count). The van der Waals surface area contributed by atoms with Crippen molar-refractivity contribution in [2.24, 2.45) is 5.73 Å². The molecule has 0 aliphatic carbocycles. The van der Waals surface area contributed by atoms with E-state index in [4.69, 9.17) is 15.6 Å². The highest BCUT2D eigenvalue weighted by Gasteiger charge is 2.23. The maximum absolute atomic E-state index is 11.9. The Bertz CT molecular complexity index is 717. The zero-order valence-corrected chi connectivity index (χ0v) is 10.6.